The lowest BCUT2D eigenvalue weighted by molar-refractivity contribution is 0.209. The molecule has 0 saturated carbocycles. The maximum atomic E-state index is 8.91. The number of imidazole rings is 1. The van der Waals surface area contributed by atoms with E-state index in [-0.39, 0.29) is 6.10 Å². The molecule has 1 atom stereocenters. The molecule has 0 saturated heterocycles. The van der Waals surface area contributed by atoms with Crippen molar-refractivity contribution in [3.63, 3.8) is 0 Å². The van der Waals surface area contributed by atoms with E-state index in [1.165, 1.54) is 25.7 Å². The van der Waals surface area contributed by atoms with Crippen LogP contribution in [-0.2, 0) is 6.54 Å². The highest BCUT2D eigenvalue weighted by atomic mass is 16.5. The molecule has 1 aromatic carbocycles. The predicted molar refractivity (Wildman–Crippen MR) is 77.6 cm³/mol. The summed E-state index contributed by atoms with van der Waals surface area (Å²) >= 11 is 0. The first-order chi connectivity index (χ1) is 9.81. The highest BCUT2D eigenvalue weighted by molar-refractivity contribution is 5.78. The Morgan fingerprint density at radius 1 is 1.40 bits per heavy atom. The van der Waals surface area contributed by atoms with E-state index >= 15 is 0 Å². The average Bonchev–Trinajstić information content (AvgIpc) is 2.99. The molecule has 4 nitrogen and oxygen atoms in total. The lowest BCUT2D eigenvalue weighted by atomic mass is 10.1. The van der Waals surface area contributed by atoms with Crippen LogP contribution in [0.4, 0.5) is 0 Å². The van der Waals surface area contributed by atoms with Gasteiger partial charge >= 0.3 is 0 Å². The Balaban J connectivity index is 1.70. The van der Waals surface area contributed by atoms with Crippen molar-refractivity contribution < 1.29 is 4.74 Å². The van der Waals surface area contributed by atoms with Gasteiger partial charge in [-0.15, -0.1) is 0 Å². The van der Waals surface area contributed by atoms with Crippen molar-refractivity contribution in [2.24, 2.45) is 0 Å². The number of aromatic nitrogens is 2. The molecule has 0 spiro atoms. The minimum atomic E-state index is 0.259. The van der Waals surface area contributed by atoms with Crippen molar-refractivity contribution in [2.75, 3.05) is 0 Å². The van der Waals surface area contributed by atoms with E-state index in [4.69, 9.17) is 10.00 Å². The lowest BCUT2D eigenvalue weighted by Crippen LogP contribution is -2.14. The zero-order chi connectivity index (χ0) is 13.9. The second-order valence-electron chi connectivity index (χ2n) is 5.41. The molecule has 0 unspecified atom stereocenters. The zero-order valence-electron chi connectivity index (χ0n) is 11.8. The number of fused-ring (bicyclic) bond motifs is 3. The zero-order valence-corrected chi connectivity index (χ0v) is 11.8. The van der Waals surface area contributed by atoms with Gasteiger partial charge in [-0.1, -0.05) is 26.2 Å². The molecule has 0 radical (unpaired) electrons. The maximum absolute atomic E-state index is 8.91. The van der Waals surface area contributed by atoms with Crippen molar-refractivity contribution >= 4 is 11.0 Å². The van der Waals surface area contributed by atoms with Gasteiger partial charge in [0, 0.05) is 0 Å². The first-order valence-electron chi connectivity index (χ1n) is 7.39. The summed E-state index contributed by atoms with van der Waals surface area (Å²) in [5.74, 6) is 0. The highest BCUT2D eigenvalue weighted by Gasteiger charge is 2.25. The summed E-state index contributed by atoms with van der Waals surface area (Å²) in [6.07, 6.45) is 6.43. The minimum absolute atomic E-state index is 0.259. The average molecular weight is 269 g/mol. The fourth-order valence-corrected chi connectivity index (χ4v) is 2.78. The minimum Gasteiger partial charge on any atom is -0.459 e. The van der Waals surface area contributed by atoms with E-state index in [0.717, 1.165) is 24.0 Å². The Bertz CT molecular complexity index is 654. The standard InChI is InChI=1S/C16H19N3O/c1-2-3-4-5-6-13-11-19-15-8-7-12(10-17)9-14(15)18-16(19)20-13/h7-9,13H,2-6,11H2,1H3/t13-/m1/s1. The second kappa shape index (κ2) is 5.54. The summed E-state index contributed by atoms with van der Waals surface area (Å²) in [5, 5.41) is 8.91. The van der Waals surface area contributed by atoms with Crippen LogP contribution in [0.5, 0.6) is 6.01 Å². The largest absolute Gasteiger partial charge is 0.459 e. The number of ether oxygens (including phenoxy) is 1. The van der Waals surface area contributed by atoms with Crippen molar-refractivity contribution in [3.8, 4) is 12.1 Å². The molecule has 0 aliphatic carbocycles. The van der Waals surface area contributed by atoms with E-state index in [2.05, 4.69) is 22.5 Å². The third-order valence-electron chi connectivity index (χ3n) is 3.88. The first kappa shape index (κ1) is 13.0. The molecule has 0 fully saturated rings. The number of benzene rings is 1. The summed E-state index contributed by atoms with van der Waals surface area (Å²) in [6, 6.07) is 8.47. The van der Waals surface area contributed by atoms with Crippen LogP contribution in [0.25, 0.3) is 11.0 Å². The number of nitrogens with zero attached hydrogens (tertiary/aromatic N) is 3. The second-order valence-corrected chi connectivity index (χ2v) is 5.41. The molecule has 3 rings (SSSR count). The van der Waals surface area contributed by atoms with Gasteiger partial charge in [-0.3, -0.25) is 4.57 Å². The third-order valence-corrected chi connectivity index (χ3v) is 3.88. The summed E-state index contributed by atoms with van der Waals surface area (Å²) in [5.41, 5.74) is 2.56. The number of nitriles is 1. The number of rotatable bonds is 5. The molecule has 4 heteroatoms. The lowest BCUT2D eigenvalue weighted by Gasteiger charge is -2.08. The monoisotopic (exact) mass is 269 g/mol. The molecule has 20 heavy (non-hydrogen) atoms. The molecular formula is C16H19N3O. The topological polar surface area (TPSA) is 50.8 Å². The molecule has 0 bridgehead atoms. The van der Waals surface area contributed by atoms with Gasteiger partial charge in [0.1, 0.15) is 6.10 Å². The fourth-order valence-electron chi connectivity index (χ4n) is 2.78. The number of unbranched alkanes of at least 4 members (excludes halogenated alkanes) is 3. The quantitative estimate of drug-likeness (QED) is 0.779. The third kappa shape index (κ3) is 2.36. The van der Waals surface area contributed by atoms with Gasteiger partial charge in [0.15, 0.2) is 0 Å². The number of hydrogen-bond donors (Lipinski definition) is 0. The number of hydrogen-bond acceptors (Lipinski definition) is 3. The van der Waals surface area contributed by atoms with Gasteiger partial charge in [-0.05, 0) is 31.0 Å². The molecule has 0 amide bonds. The van der Waals surface area contributed by atoms with Gasteiger partial charge in [0.2, 0.25) is 0 Å². The van der Waals surface area contributed by atoms with Crippen molar-refractivity contribution in [3.05, 3.63) is 23.8 Å². The molecular weight excluding hydrogens is 250 g/mol. The van der Waals surface area contributed by atoms with E-state index in [0.29, 0.717) is 11.6 Å². The Morgan fingerprint density at radius 3 is 3.10 bits per heavy atom. The van der Waals surface area contributed by atoms with Gasteiger partial charge in [0.25, 0.3) is 6.01 Å². The van der Waals surface area contributed by atoms with Crippen molar-refractivity contribution in [2.45, 2.75) is 51.7 Å². The van der Waals surface area contributed by atoms with Gasteiger partial charge in [0.05, 0.1) is 29.2 Å². The van der Waals surface area contributed by atoms with E-state index in [9.17, 15) is 0 Å². The van der Waals surface area contributed by atoms with Crippen LogP contribution >= 0.6 is 0 Å². The molecule has 2 heterocycles. The molecule has 2 aromatic rings. The molecule has 1 aliphatic heterocycles. The molecule has 1 aliphatic rings. The van der Waals surface area contributed by atoms with Gasteiger partial charge < -0.3 is 4.74 Å². The first-order valence-corrected chi connectivity index (χ1v) is 7.39. The Morgan fingerprint density at radius 2 is 2.30 bits per heavy atom. The summed E-state index contributed by atoms with van der Waals surface area (Å²) < 4.78 is 8.04. The smallest absolute Gasteiger partial charge is 0.297 e. The Kier molecular flexibility index (Phi) is 3.60. The van der Waals surface area contributed by atoms with Crippen LogP contribution in [0.2, 0.25) is 0 Å². The fraction of sp³-hybridized carbons (Fsp3) is 0.500. The Hall–Kier alpha value is -2.02. The Labute approximate surface area is 119 Å². The summed E-state index contributed by atoms with van der Waals surface area (Å²) in [6.45, 7) is 3.10. The summed E-state index contributed by atoms with van der Waals surface area (Å²) in [7, 11) is 0. The van der Waals surface area contributed by atoms with Crippen LogP contribution < -0.4 is 4.74 Å². The van der Waals surface area contributed by atoms with E-state index < -0.39 is 0 Å². The van der Waals surface area contributed by atoms with Crippen LogP contribution in [0.3, 0.4) is 0 Å². The van der Waals surface area contributed by atoms with Crippen LogP contribution in [-0.4, -0.2) is 15.7 Å². The molecule has 104 valence electrons. The van der Waals surface area contributed by atoms with Crippen LogP contribution in [0.15, 0.2) is 18.2 Å². The van der Waals surface area contributed by atoms with E-state index in [1.54, 1.807) is 0 Å². The normalized spacial score (nSPS) is 16.9. The maximum Gasteiger partial charge on any atom is 0.297 e. The van der Waals surface area contributed by atoms with Crippen molar-refractivity contribution in [1.82, 2.24) is 9.55 Å². The molecule has 1 aromatic heterocycles. The van der Waals surface area contributed by atoms with Crippen LogP contribution in [0.1, 0.15) is 44.6 Å². The van der Waals surface area contributed by atoms with Crippen LogP contribution in [0, 0.1) is 11.3 Å². The van der Waals surface area contributed by atoms with E-state index in [1.807, 2.05) is 18.2 Å². The van der Waals surface area contributed by atoms with Crippen molar-refractivity contribution in [1.29, 1.82) is 5.26 Å². The predicted octanol–water partition coefficient (Wildman–Crippen LogP) is 3.64. The van der Waals surface area contributed by atoms with Gasteiger partial charge in [-0.25, -0.2) is 0 Å². The summed E-state index contributed by atoms with van der Waals surface area (Å²) in [4.78, 5) is 4.49. The highest BCUT2D eigenvalue weighted by Crippen LogP contribution is 2.29. The SMILES string of the molecule is CCCCCC[C@@H]1Cn2c(nc3cc(C#N)ccc32)O1. The van der Waals surface area contributed by atoms with Gasteiger partial charge in [-0.2, -0.15) is 10.2 Å². The molecule has 0 N–H and O–H groups in total.